The molecule has 3 aromatic rings. The Kier molecular flexibility index (Phi) is 4.61. The van der Waals surface area contributed by atoms with E-state index in [4.69, 9.17) is 20.4 Å². The smallest absolute Gasteiger partial charge is 0.124 e. The van der Waals surface area contributed by atoms with E-state index in [0.29, 0.717) is 24.7 Å². The molecule has 0 N–H and O–H groups in total. The second kappa shape index (κ2) is 6.81. The van der Waals surface area contributed by atoms with Crippen molar-refractivity contribution < 1.29 is 13.2 Å². The topological polar surface area (TPSA) is 29.5 Å². The Labute approximate surface area is 132 Å². The van der Waals surface area contributed by atoms with Crippen LogP contribution in [0.1, 0.15) is 17.1 Å². The van der Waals surface area contributed by atoms with E-state index in [1.807, 2.05) is 24.3 Å². The van der Waals surface area contributed by atoms with Gasteiger partial charge < -0.3 is 8.83 Å². The van der Waals surface area contributed by atoms with Gasteiger partial charge in [0.1, 0.15) is 17.3 Å². The lowest BCUT2D eigenvalue weighted by atomic mass is 10.2. The highest BCUT2D eigenvalue weighted by Crippen LogP contribution is 2.21. The summed E-state index contributed by atoms with van der Waals surface area (Å²) in [4.78, 5) is 2.12. The average molecular weight is 320 g/mol. The van der Waals surface area contributed by atoms with Gasteiger partial charge >= 0.3 is 0 Å². The molecule has 0 saturated heterocycles. The molecule has 0 amide bonds. The molecule has 1 aromatic carbocycles. The van der Waals surface area contributed by atoms with E-state index < -0.39 is 0 Å². The summed E-state index contributed by atoms with van der Waals surface area (Å²) in [6.07, 6.45) is 3.29. The van der Waals surface area contributed by atoms with E-state index >= 15 is 0 Å². The fourth-order valence-corrected chi connectivity index (χ4v) is 2.53. The van der Waals surface area contributed by atoms with E-state index in [1.165, 1.54) is 12.1 Å². The molecular weight excluding hydrogens is 305 g/mol. The third kappa shape index (κ3) is 3.78. The monoisotopic (exact) mass is 319 g/mol. The van der Waals surface area contributed by atoms with Crippen LogP contribution in [0.3, 0.4) is 0 Å². The van der Waals surface area contributed by atoms with Crippen LogP contribution in [-0.2, 0) is 19.6 Å². The average Bonchev–Trinajstić information content (AvgIpc) is 3.15. The van der Waals surface area contributed by atoms with Gasteiger partial charge in [-0.15, -0.1) is 0 Å². The zero-order valence-electron chi connectivity index (χ0n) is 11.8. The van der Waals surface area contributed by atoms with E-state index in [2.05, 4.69) is 4.90 Å². The molecule has 5 heteroatoms. The molecule has 0 bridgehead atoms. The SMILES string of the molecule is Fc1ccc(CN(Cc2ccco2)Cc2ccco2)c(Cl)c1. The molecule has 3 rings (SSSR count). The van der Waals surface area contributed by atoms with Crippen molar-refractivity contribution in [3.05, 3.63) is 82.9 Å². The second-order valence-corrected chi connectivity index (χ2v) is 5.45. The summed E-state index contributed by atoms with van der Waals surface area (Å²) in [5.41, 5.74) is 0.862. The first-order chi connectivity index (χ1) is 10.7. The zero-order valence-corrected chi connectivity index (χ0v) is 12.6. The van der Waals surface area contributed by atoms with Crippen LogP contribution in [0.2, 0.25) is 5.02 Å². The van der Waals surface area contributed by atoms with Gasteiger partial charge in [-0.25, -0.2) is 4.39 Å². The number of rotatable bonds is 6. The normalized spacial score (nSPS) is 11.2. The maximum atomic E-state index is 13.2. The summed E-state index contributed by atoms with van der Waals surface area (Å²) in [6.45, 7) is 1.79. The Morgan fingerprint density at radius 3 is 2.05 bits per heavy atom. The fourth-order valence-electron chi connectivity index (χ4n) is 2.30. The lowest BCUT2D eigenvalue weighted by molar-refractivity contribution is 0.209. The maximum absolute atomic E-state index is 13.2. The number of nitrogens with zero attached hydrogens (tertiary/aromatic N) is 1. The van der Waals surface area contributed by atoms with Gasteiger partial charge in [-0.3, -0.25) is 4.90 Å². The van der Waals surface area contributed by atoms with Crippen molar-refractivity contribution in [1.29, 1.82) is 0 Å². The molecule has 22 heavy (non-hydrogen) atoms. The van der Waals surface area contributed by atoms with Gasteiger partial charge in [0.25, 0.3) is 0 Å². The van der Waals surface area contributed by atoms with Gasteiger partial charge in [0.2, 0.25) is 0 Å². The second-order valence-electron chi connectivity index (χ2n) is 5.04. The van der Waals surface area contributed by atoms with Gasteiger partial charge in [-0.2, -0.15) is 0 Å². The van der Waals surface area contributed by atoms with Gasteiger partial charge in [0.05, 0.1) is 25.6 Å². The summed E-state index contributed by atoms with van der Waals surface area (Å²) in [5.74, 6) is 1.37. The van der Waals surface area contributed by atoms with Crippen molar-refractivity contribution in [2.24, 2.45) is 0 Å². The van der Waals surface area contributed by atoms with E-state index in [-0.39, 0.29) is 5.82 Å². The zero-order chi connectivity index (χ0) is 15.4. The summed E-state index contributed by atoms with van der Waals surface area (Å²) in [6, 6.07) is 12.0. The van der Waals surface area contributed by atoms with Crippen molar-refractivity contribution >= 4 is 11.6 Å². The molecule has 0 aliphatic rings. The third-order valence-corrected chi connectivity index (χ3v) is 3.68. The molecule has 114 valence electrons. The Balaban J connectivity index is 1.77. The predicted molar refractivity (Wildman–Crippen MR) is 81.8 cm³/mol. The molecule has 0 saturated carbocycles. The third-order valence-electron chi connectivity index (χ3n) is 3.33. The minimum Gasteiger partial charge on any atom is -0.468 e. The predicted octanol–water partition coefficient (Wildman–Crippen LogP) is 4.87. The highest BCUT2D eigenvalue weighted by molar-refractivity contribution is 6.31. The number of hydrogen-bond acceptors (Lipinski definition) is 3. The van der Waals surface area contributed by atoms with Crippen LogP contribution in [0.4, 0.5) is 4.39 Å². The molecule has 2 heterocycles. The summed E-state index contributed by atoms with van der Waals surface area (Å²) in [5, 5.41) is 0.420. The quantitative estimate of drug-likeness (QED) is 0.649. The molecule has 2 aromatic heterocycles. The highest BCUT2D eigenvalue weighted by Gasteiger charge is 2.13. The molecule has 0 radical (unpaired) electrons. The molecular formula is C17H15ClFNO2. The van der Waals surface area contributed by atoms with Crippen LogP contribution in [-0.4, -0.2) is 4.90 Å². The first-order valence-electron chi connectivity index (χ1n) is 6.92. The van der Waals surface area contributed by atoms with Crippen LogP contribution in [0, 0.1) is 5.82 Å². The Morgan fingerprint density at radius 2 is 1.55 bits per heavy atom. The Bertz CT molecular complexity index is 674. The van der Waals surface area contributed by atoms with E-state index in [1.54, 1.807) is 18.6 Å². The molecule has 0 fully saturated rings. The van der Waals surface area contributed by atoms with Crippen molar-refractivity contribution in [3.8, 4) is 0 Å². The summed E-state index contributed by atoms with van der Waals surface area (Å²) < 4.78 is 24.0. The summed E-state index contributed by atoms with van der Waals surface area (Å²) >= 11 is 6.12. The Morgan fingerprint density at radius 1 is 0.909 bits per heavy atom. The first-order valence-corrected chi connectivity index (χ1v) is 7.29. The standard InChI is InChI=1S/C17H15ClFNO2/c18-17-9-14(19)6-5-13(17)10-20(11-15-3-1-7-21-15)12-16-4-2-8-22-16/h1-9H,10-12H2. The van der Waals surface area contributed by atoms with Crippen molar-refractivity contribution in [2.75, 3.05) is 0 Å². The number of benzene rings is 1. The fraction of sp³-hybridized carbons (Fsp3) is 0.176. The van der Waals surface area contributed by atoms with Gasteiger partial charge in [0.15, 0.2) is 0 Å². The lowest BCUT2D eigenvalue weighted by Gasteiger charge is -2.20. The largest absolute Gasteiger partial charge is 0.468 e. The number of furan rings is 2. The molecule has 0 unspecified atom stereocenters. The summed E-state index contributed by atoms with van der Waals surface area (Å²) in [7, 11) is 0. The Hall–Kier alpha value is -2.04. The molecule has 0 spiro atoms. The molecule has 0 atom stereocenters. The van der Waals surface area contributed by atoms with E-state index in [0.717, 1.165) is 17.1 Å². The van der Waals surface area contributed by atoms with Crippen molar-refractivity contribution in [2.45, 2.75) is 19.6 Å². The van der Waals surface area contributed by atoms with Crippen LogP contribution < -0.4 is 0 Å². The lowest BCUT2D eigenvalue weighted by Crippen LogP contribution is -2.22. The number of hydrogen-bond donors (Lipinski definition) is 0. The molecule has 3 nitrogen and oxygen atoms in total. The van der Waals surface area contributed by atoms with Crippen molar-refractivity contribution in [1.82, 2.24) is 4.90 Å². The van der Waals surface area contributed by atoms with Crippen LogP contribution in [0.25, 0.3) is 0 Å². The van der Waals surface area contributed by atoms with Crippen molar-refractivity contribution in [3.63, 3.8) is 0 Å². The van der Waals surface area contributed by atoms with E-state index in [9.17, 15) is 4.39 Å². The minimum absolute atomic E-state index is 0.336. The number of halogens is 2. The minimum atomic E-state index is -0.336. The maximum Gasteiger partial charge on any atom is 0.124 e. The van der Waals surface area contributed by atoms with Crippen LogP contribution in [0.15, 0.2) is 63.8 Å². The van der Waals surface area contributed by atoms with Crippen LogP contribution in [0.5, 0.6) is 0 Å². The van der Waals surface area contributed by atoms with Gasteiger partial charge in [0, 0.05) is 11.6 Å². The van der Waals surface area contributed by atoms with Gasteiger partial charge in [-0.1, -0.05) is 17.7 Å². The highest BCUT2D eigenvalue weighted by atomic mass is 35.5. The molecule has 0 aliphatic heterocycles. The van der Waals surface area contributed by atoms with Gasteiger partial charge in [-0.05, 0) is 42.0 Å². The first kappa shape index (κ1) is 14.9. The van der Waals surface area contributed by atoms with Crippen LogP contribution >= 0.6 is 11.6 Å². The molecule has 0 aliphatic carbocycles.